The van der Waals surface area contributed by atoms with Crippen LogP contribution in [0.15, 0.2) is 48.5 Å². The molecule has 2 aromatic rings. The number of methoxy groups -OCH3 is 1. The van der Waals surface area contributed by atoms with Gasteiger partial charge in [0.05, 0.1) is 19.1 Å². The maximum Gasteiger partial charge on any atom is 0.244 e. The zero-order valence-electron chi connectivity index (χ0n) is 18.5. The first kappa shape index (κ1) is 25.1. The van der Waals surface area contributed by atoms with Crippen molar-refractivity contribution in [1.82, 2.24) is 10.2 Å². The molecule has 0 heterocycles. The van der Waals surface area contributed by atoms with Gasteiger partial charge in [-0.2, -0.15) is 0 Å². The molecule has 0 bridgehead atoms. The highest BCUT2D eigenvalue weighted by Crippen LogP contribution is 2.22. The van der Waals surface area contributed by atoms with Crippen molar-refractivity contribution in [3.8, 4) is 5.75 Å². The zero-order valence-corrected chi connectivity index (χ0v) is 19.4. The molecule has 1 atom stereocenters. The van der Waals surface area contributed by atoms with Crippen molar-refractivity contribution in [1.29, 1.82) is 0 Å². The van der Waals surface area contributed by atoms with Crippen LogP contribution < -0.4 is 14.4 Å². The molecule has 1 unspecified atom stereocenters. The van der Waals surface area contributed by atoms with Gasteiger partial charge in [-0.1, -0.05) is 24.3 Å². The van der Waals surface area contributed by atoms with Gasteiger partial charge in [-0.25, -0.2) is 12.8 Å². The van der Waals surface area contributed by atoms with Gasteiger partial charge >= 0.3 is 0 Å². The predicted molar refractivity (Wildman–Crippen MR) is 120 cm³/mol. The Labute approximate surface area is 188 Å². The molecule has 0 aliphatic carbocycles. The number of benzene rings is 2. The molecular weight excluding hydrogens is 437 g/mol. The molecule has 1 N–H and O–H groups in total. The molecule has 0 saturated heterocycles. The molecule has 0 aliphatic heterocycles. The van der Waals surface area contributed by atoms with Crippen LogP contribution in [0.4, 0.5) is 10.1 Å². The number of nitrogens with one attached hydrogen (secondary N) is 1. The Hall–Kier alpha value is -3.14. The Morgan fingerprint density at radius 2 is 1.84 bits per heavy atom. The van der Waals surface area contributed by atoms with Crippen LogP contribution in [0.25, 0.3) is 0 Å². The first-order valence-corrected chi connectivity index (χ1v) is 11.9. The molecule has 0 radical (unpaired) electrons. The molecular formula is C22H28FN3O5S. The molecule has 2 aromatic carbocycles. The van der Waals surface area contributed by atoms with E-state index in [0.29, 0.717) is 22.2 Å². The van der Waals surface area contributed by atoms with Gasteiger partial charge < -0.3 is 15.0 Å². The third-order valence-electron chi connectivity index (χ3n) is 4.81. The van der Waals surface area contributed by atoms with Crippen LogP contribution >= 0.6 is 0 Å². The average molecular weight is 466 g/mol. The molecule has 2 amide bonds. The van der Waals surface area contributed by atoms with E-state index in [-0.39, 0.29) is 18.1 Å². The summed E-state index contributed by atoms with van der Waals surface area (Å²) in [6.45, 7) is 3.05. The number of ether oxygens (including phenoxy) is 1. The zero-order chi connectivity index (χ0) is 23.9. The molecule has 0 fully saturated rings. The Kier molecular flexibility index (Phi) is 8.59. The van der Waals surface area contributed by atoms with Crippen molar-refractivity contribution in [2.24, 2.45) is 0 Å². The number of rotatable bonds is 10. The summed E-state index contributed by atoms with van der Waals surface area (Å²) in [7, 11) is -2.47. The summed E-state index contributed by atoms with van der Waals surface area (Å²) >= 11 is 0. The number of halogens is 1. The van der Waals surface area contributed by atoms with Crippen LogP contribution in [0, 0.1) is 5.82 Å². The smallest absolute Gasteiger partial charge is 0.244 e. The van der Waals surface area contributed by atoms with E-state index >= 15 is 0 Å². The summed E-state index contributed by atoms with van der Waals surface area (Å²) in [5.41, 5.74) is 0.445. The first-order chi connectivity index (χ1) is 15.1. The monoisotopic (exact) mass is 465 g/mol. The number of likely N-dealkylation sites (N-methyl/N-ethyl adjacent to an activating group) is 1. The normalized spacial score (nSPS) is 12.0. The lowest BCUT2D eigenvalue weighted by atomic mass is 10.1. The van der Waals surface area contributed by atoms with Gasteiger partial charge in [0.2, 0.25) is 21.8 Å². The number of carbonyl (C=O) groups excluding carboxylic acids is 2. The highest BCUT2D eigenvalue weighted by atomic mass is 32.2. The number of carbonyl (C=O) groups is 2. The third kappa shape index (κ3) is 6.43. The minimum absolute atomic E-state index is 0.0310. The highest BCUT2D eigenvalue weighted by Gasteiger charge is 2.30. The SMILES string of the molecule is CCNC(=O)C(C)N(Cc1cccc(OC)c1)C(=O)CN(c1ccccc1F)S(C)(=O)=O. The lowest BCUT2D eigenvalue weighted by Gasteiger charge is -2.31. The number of anilines is 1. The quantitative estimate of drug-likeness (QED) is 0.580. The van der Waals surface area contributed by atoms with E-state index < -0.39 is 34.3 Å². The van der Waals surface area contributed by atoms with Crippen LogP contribution in [0.5, 0.6) is 5.75 Å². The summed E-state index contributed by atoms with van der Waals surface area (Å²) in [6, 6.07) is 11.4. The Morgan fingerprint density at radius 1 is 1.16 bits per heavy atom. The Bertz CT molecular complexity index is 1060. The van der Waals surface area contributed by atoms with Crippen LogP contribution in [0.2, 0.25) is 0 Å². The van der Waals surface area contributed by atoms with Gasteiger partial charge in [-0.15, -0.1) is 0 Å². The molecule has 174 valence electrons. The summed E-state index contributed by atoms with van der Waals surface area (Å²) in [5, 5.41) is 2.66. The second-order valence-corrected chi connectivity index (χ2v) is 9.07. The van der Waals surface area contributed by atoms with E-state index in [1.807, 2.05) is 0 Å². The number of hydrogen-bond acceptors (Lipinski definition) is 5. The van der Waals surface area contributed by atoms with Crippen LogP contribution in [-0.2, 0) is 26.2 Å². The molecule has 0 spiro atoms. The van der Waals surface area contributed by atoms with Crippen LogP contribution in [0.1, 0.15) is 19.4 Å². The van der Waals surface area contributed by atoms with Gasteiger partial charge in [0.15, 0.2) is 0 Å². The van der Waals surface area contributed by atoms with E-state index in [4.69, 9.17) is 4.74 Å². The maximum atomic E-state index is 14.3. The largest absolute Gasteiger partial charge is 0.497 e. The van der Waals surface area contributed by atoms with E-state index in [1.165, 1.54) is 30.2 Å². The van der Waals surface area contributed by atoms with Crippen molar-refractivity contribution >= 4 is 27.5 Å². The molecule has 32 heavy (non-hydrogen) atoms. The van der Waals surface area contributed by atoms with E-state index in [2.05, 4.69) is 5.32 Å². The summed E-state index contributed by atoms with van der Waals surface area (Å²) < 4.78 is 45.0. The second-order valence-electron chi connectivity index (χ2n) is 7.16. The van der Waals surface area contributed by atoms with Gasteiger partial charge in [0, 0.05) is 13.1 Å². The van der Waals surface area contributed by atoms with Gasteiger partial charge in [-0.05, 0) is 43.7 Å². The molecule has 0 aromatic heterocycles. The van der Waals surface area contributed by atoms with Crippen molar-refractivity contribution in [3.05, 3.63) is 59.9 Å². The van der Waals surface area contributed by atoms with E-state index in [9.17, 15) is 22.4 Å². The van der Waals surface area contributed by atoms with Gasteiger partial charge in [0.1, 0.15) is 24.2 Å². The highest BCUT2D eigenvalue weighted by molar-refractivity contribution is 7.92. The average Bonchev–Trinajstić information content (AvgIpc) is 2.75. The molecule has 10 heteroatoms. The Balaban J connectivity index is 2.40. The second kappa shape index (κ2) is 10.9. The van der Waals surface area contributed by atoms with Gasteiger partial charge in [-0.3, -0.25) is 13.9 Å². The van der Waals surface area contributed by atoms with Crippen LogP contribution in [0.3, 0.4) is 0 Å². The topological polar surface area (TPSA) is 96.0 Å². The summed E-state index contributed by atoms with van der Waals surface area (Å²) in [4.78, 5) is 27.0. The number of nitrogens with zero attached hydrogens (tertiary/aromatic N) is 2. The van der Waals surface area contributed by atoms with E-state index in [0.717, 1.165) is 12.3 Å². The molecule has 0 saturated carbocycles. The fourth-order valence-corrected chi connectivity index (χ4v) is 3.97. The number of amides is 2. The van der Waals surface area contributed by atoms with Crippen molar-refractivity contribution in [3.63, 3.8) is 0 Å². The summed E-state index contributed by atoms with van der Waals surface area (Å²) in [5.74, 6) is -1.24. The first-order valence-electron chi connectivity index (χ1n) is 10.0. The number of hydrogen-bond donors (Lipinski definition) is 1. The molecule has 0 aliphatic rings. The number of sulfonamides is 1. The van der Waals surface area contributed by atoms with E-state index in [1.54, 1.807) is 38.1 Å². The Morgan fingerprint density at radius 3 is 2.44 bits per heavy atom. The minimum Gasteiger partial charge on any atom is -0.497 e. The fourth-order valence-electron chi connectivity index (χ4n) is 3.12. The predicted octanol–water partition coefficient (Wildman–Crippen LogP) is 2.15. The maximum absolute atomic E-state index is 14.3. The van der Waals surface area contributed by atoms with Gasteiger partial charge in [0.25, 0.3) is 0 Å². The molecule has 2 rings (SSSR count). The lowest BCUT2D eigenvalue weighted by Crippen LogP contribution is -2.51. The van der Waals surface area contributed by atoms with Crippen molar-refractivity contribution in [2.45, 2.75) is 26.4 Å². The standard InChI is InChI=1S/C22H28FN3O5S/c1-5-24-22(28)16(2)25(14-17-9-8-10-18(13-17)31-3)21(27)15-26(32(4,29)30)20-12-7-6-11-19(20)23/h6-13,16H,5,14-15H2,1-4H3,(H,24,28). The van der Waals surface area contributed by atoms with Crippen molar-refractivity contribution < 1.29 is 27.1 Å². The fraction of sp³-hybridized carbons (Fsp3) is 0.364. The van der Waals surface area contributed by atoms with Crippen molar-refractivity contribution in [2.75, 3.05) is 30.8 Å². The number of para-hydroxylation sites is 1. The van der Waals surface area contributed by atoms with Crippen LogP contribution in [-0.4, -0.2) is 57.6 Å². The third-order valence-corrected chi connectivity index (χ3v) is 5.93. The minimum atomic E-state index is -3.98. The lowest BCUT2D eigenvalue weighted by molar-refractivity contribution is -0.139. The summed E-state index contributed by atoms with van der Waals surface area (Å²) in [6.07, 6.45) is 0.895. The molecule has 8 nitrogen and oxygen atoms in total.